The fraction of sp³-hybridized carbons (Fsp3) is 0.0455. The van der Waals surface area contributed by atoms with Gasteiger partial charge >= 0.3 is 0 Å². The van der Waals surface area contributed by atoms with E-state index in [1.54, 1.807) is 12.1 Å². The van der Waals surface area contributed by atoms with Crippen molar-refractivity contribution in [3.63, 3.8) is 0 Å². The van der Waals surface area contributed by atoms with E-state index >= 15 is 0 Å². The Labute approximate surface area is 159 Å². The number of rotatable bonds is 4. The van der Waals surface area contributed by atoms with Gasteiger partial charge in [-0.2, -0.15) is 0 Å². The summed E-state index contributed by atoms with van der Waals surface area (Å²) in [5.41, 5.74) is 4.01. The van der Waals surface area contributed by atoms with Gasteiger partial charge < -0.3 is 4.57 Å². The van der Waals surface area contributed by atoms with Gasteiger partial charge in [0.15, 0.2) is 0 Å². The fourth-order valence-corrected chi connectivity index (χ4v) is 3.36. The van der Waals surface area contributed by atoms with Gasteiger partial charge in [0.25, 0.3) is 0 Å². The highest BCUT2D eigenvalue weighted by Gasteiger charge is 2.03. The summed E-state index contributed by atoms with van der Waals surface area (Å²) < 4.78 is 16.5. The van der Waals surface area contributed by atoms with E-state index in [9.17, 15) is 4.39 Å². The number of fused-ring (bicyclic) bond motifs is 1. The second-order valence-corrected chi connectivity index (χ2v) is 7.05. The van der Waals surface area contributed by atoms with Crippen molar-refractivity contribution in [2.75, 3.05) is 0 Å². The Morgan fingerprint density at radius 1 is 0.962 bits per heavy atom. The molecule has 26 heavy (non-hydrogen) atoms. The first-order chi connectivity index (χ1) is 12.7. The van der Waals surface area contributed by atoms with Crippen LogP contribution in [0, 0.1) is 5.82 Å². The third-order valence-electron chi connectivity index (χ3n) is 4.21. The minimum Gasteiger partial charge on any atom is -0.343 e. The van der Waals surface area contributed by atoms with E-state index in [0.29, 0.717) is 6.54 Å². The zero-order valence-corrected chi connectivity index (χ0v) is 15.5. The van der Waals surface area contributed by atoms with Gasteiger partial charge in [0.2, 0.25) is 0 Å². The second-order valence-electron chi connectivity index (χ2n) is 6.13. The van der Waals surface area contributed by atoms with Crippen LogP contribution in [0.2, 0.25) is 0 Å². The zero-order valence-electron chi connectivity index (χ0n) is 13.9. The molecule has 128 valence electrons. The van der Waals surface area contributed by atoms with E-state index in [-0.39, 0.29) is 5.82 Å². The molecule has 4 aromatic rings. The molecule has 1 aromatic heterocycles. The Balaban J connectivity index is 1.59. The number of benzene rings is 3. The minimum atomic E-state index is -0.204. The summed E-state index contributed by atoms with van der Waals surface area (Å²) in [6.45, 7) is 0.646. The predicted molar refractivity (Wildman–Crippen MR) is 109 cm³/mol. The average Bonchev–Trinajstić information content (AvgIpc) is 3.02. The van der Waals surface area contributed by atoms with E-state index in [1.165, 1.54) is 6.07 Å². The molecule has 0 atom stereocenters. The Bertz CT molecular complexity index is 1100. The molecule has 0 aliphatic heterocycles. The van der Waals surface area contributed by atoms with Crippen LogP contribution < -0.4 is 0 Å². The zero-order chi connectivity index (χ0) is 17.9. The fourth-order valence-electron chi connectivity index (χ4n) is 2.97. The third-order valence-corrected chi connectivity index (χ3v) is 4.70. The van der Waals surface area contributed by atoms with Crippen molar-refractivity contribution >= 4 is 38.7 Å². The molecule has 4 rings (SSSR count). The maximum absolute atomic E-state index is 13.4. The summed E-state index contributed by atoms with van der Waals surface area (Å²) in [5, 5.41) is 1.14. The Hall–Kier alpha value is -2.72. The normalized spacial score (nSPS) is 11.5. The van der Waals surface area contributed by atoms with Gasteiger partial charge in [0, 0.05) is 34.3 Å². The minimum absolute atomic E-state index is 0.204. The molecule has 0 N–H and O–H groups in total. The summed E-state index contributed by atoms with van der Waals surface area (Å²) in [5.74, 6) is -0.204. The van der Waals surface area contributed by atoms with Crippen LogP contribution in [0.15, 0.2) is 88.5 Å². The molecule has 0 spiro atoms. The largest absolute Gasteiger partial charge is 0.343 e. The monoisotopic (exact) mass is 406 g/mol. The van der Waals surface area contributed by atoms with Crippen molar-refractivity contribution in [2.45, 2.75) is 6.54 Å². The van der Waals surface area contributed by atoms with E-state index in [1.807, 2.05) is 48.8 Å². The molecule has 0 saturated carbocycles. The molecule has 0 unspecified atom stereocenters. The van der Waals surface area contributed by atoms with Gasteiger partial charge in [0.1, 0.15) is 5.82 Å². The molecule has 0 aliphatic rings. The highest BCUT2D eigenvalue weighted by atomic mass is 79.9. The van der Waals surface area contributed by atoms with Gasteiger partial charge in [-0.25, -0.2) is 4.39 Å². The molecule has 0 aliphatic carbocycles. The molecule has 4 heteroatoms. The van der Waals surface area contributed by atoms with Crippen LogP contribution in [0.25, 0.3) is 10.9 Å². The number of halogens is 2. The van der Waals surface area contributed by atoms with Crippen LogP contribution in [0.1, 0.15) is 11.1 Å². The maximum Gasteiger partial charge on any atom is 0.123 e. The Kier molecular flexibility index (Phi) is 4.67. The van der Waals surface area contributed by atoms with Crippen molar-refractivity contribution in [1.82, 2.24) is 4.57 Å². The Morgan fingerprint density at radius 3 is 2.69 bits per heavy atom. The van der Waals surface area contributed by atoms with E-state index in [2.05, 4.69) is 43.7 Å². The quantitative estimate of drug-likeness (QED) is 0.351. The standard InChI is InChI=1S/C22H16BrFN2/c23-19-4-2-6-21(13-19)25-14-16-7-8-22-18(11-16)9-10-26(22)15-17-3-1-5-20(24)12-17/h1-14H,15H2. The summed E-state index contributed by atoms with van der Waals surface area (Å²) in [6, 6.07) is 22.9. The van der Waals surface area contributed by atoms with Crippen LogP contribution in [-0.4, -0.2) is 10.8 Å². The van der Waals surface area contributed by atoms with Crippen molar-refractivity contribution in [1.29, 1.82) is 0 Å². The molecule has 1 heterocycles. The lowest BCUT2D eigenvalue weighted by Crippen LogP contribution is -1.98. The molecule has 0 amide bonds. The average molecular weight is 407 g/mol. The summed E-state index contributed by atoms with van der Waals surface area (Å²) in [4.78, 5) is 4.52. The Morgan fingerprint density at radius 2 is 1.85 bits per heavy atom. The SMILES string of the molecule is Fc1cccc(Cn2ccc3cc(C=Nc4cccc(Br)c4)ccc32)c1. The van der Waals surface area contributed by atoms with Gasteiger partial charge in [-0.05, 0) is 59.7 Å². The molecule has 0 saturated heterocycles. The first-order valence-electron chi connectivity index (χ1n) is 8.30. The van der Waals surface area contributed by atoms with Gasteiger partial charge in [-0.3, -0.25) is 4.99 Å². The summed E-state index contributed by atoms with van der Waals surface area (Å²) in [7, 11) is 0. The van der Waals surface area contributed by atoms with Crippen molar-refractivity contribution in [3.05, 3.63) is 100 Å². The molecular formula is C22H16BrFN2. The first kappa shape index (κ1) is 16.7. The number of nitrogens with zero attached hydrogens (tertiary/aromatic N) is 2. The van der Waals surface area contributed by atoms with Crippen LogP contribution in [0.4, 0.5) is 10.1 Å². The van der Waals surface area contributed by atoms with E-state index < -0.39 is 0 Å². The van der Waals surface area contributed by atoms with E-state index in [4.69, 9.17) is 0 Å². The first-order valence-corrected chi connectivity index (χ1v) is 9.10. The number of aliphatic imine (C=N–C) groups is 1. The van der Waals surface area contributed by atoms with Crippen LogP contribution >= 0.6 is 15.9 Å². The smallest absolute Gasteiger partial charge is 0.123 e. The summed E-state index contributed by atoms with van der Waals surface area (Å²) >= 11 is 3.46. The van der Waals surface area contributed by atoms with Crippen LogP contribution in [0.5, 0.6) is 0 Å². The molecule has 2 nitrogen and oxygen atoms in total. The molecular weight excluding hydrogens is 391 g/mol. The van der Waals surface area contributed by atoms with Crippen molar-refractivity contribution < 1.29 is 4.39 Å². The number of hydrogen-bond acceptors (Lipinski definition) is 1. The third kappa shape index (κ3) is 3.75. The lowest BCUT2D eigenvalue weighted by molar-refractivity contribution is 0.624. The topological polar surface area (TPSA) is 17.3 Å². The van der Waals surface area contributed by atoms with Crippen molar-refractivity contribution in [2.24, 2.45) is 4.99 Å². The molecule has 0 radical (unpaired) electrons. The van der Waals surface area contributed by atoms with Crippen molar-refractivity contribution in [3.8, 4) is 0 Å². The number of hydrogen-bond donors (Lipinski definition) is 0. The van der Waals surface area contributed by atoms with Gasteiger partial charge in [-0.1, -0.05) is 40.2 Å². The lowest BCUT2D eigenvalue weighted by atomic mass is 10.1. The predicted octanol–water partition coefficient (Wildman–Crippen LogP) is 6.34. The second kappa shape index (κ2) is 7.26. The highest BCUT2D eigenvalue weighted by Crippen LogP contribution is 2.21. The van der Waals surface area contributed by atoms with Crippen LogP contribution in [0.3, 0.4) is 0 Å². The van der Waals surface area contributed by atoms with Crippen LogP contribution in [-0.2, 0) is 6.54 Å². The highest BCUT2D eigenvalue weighted by molar-refractivity contribution is 9.10. The van der Waals surface area contributed by atoms with Gasteiger partial charge in [0.05, 0.1) is 5.69 Å². The maximum atomic E-state index is 13.4. The van der Waals surface area contributed by atoms with Gasteiger partial charge in [-0.15, -0.1) is 0 Å². The lowest BCUT2D eigenvalue weighted by Gasteiger charge is -2.06. The molecule has 0 fully saturated rings. The molecule has 0 bridgehead atoms. The summed E-state index contributed by atoms with van der Waals surface area (Å²) in [6.07, 6.45) is 3.90. The number of aromatic nitrogens is 1. The molecule has 3 aromatic carbocycles. The van der Waals surface area contributed by atoms with E-state index in [0.717, 1.165) is 32.2 Å².